The lowest BCUT2D eigenvalue weighted by Crippen LogP contribution is -2.23. The van der Waals surface area contributed by atoms with Crippen molar-refractivity contribution in [2.75, 3.05) is 7.05 Å². The maximum Gasteiger partial charge on any atom is 0.254 e. The quantitative estimate of drug-likeness (QED) is 0.436. The topological polar surface area (TPSA) is 58.2 Å². The van der Waals surface area contributed by atoms with Gasteiger partial charge in [0.25, 0.3) is 5.91 Å². The van der Waals surface area contributed by atoms with Crippen LogP contribution in [0.5, 0.6) is 0 Å². The van der Waals surface area contributed by atoms with Crippen LogP contribution in [0.25, 0.3) is 0 Å². The van der Waals surface area contributed by atoms with Gasteiger partial charge in [0.2, 0.25) is 6.41 Å². The summed E-state index contributed by atoms with van der Waals surface area (Å²) < 4.78 is 0. The summed E-state index contributed by atoms with van der Waals surface area (Å²) in [4.78, 5) is 20.8. The van der Waals surface area contributed by atoms with Crippen molar-refractivity contribution in [3.8, 4) is 0 Å². The van der Waals surface area contributed by atoms with E-state index in [0.29, 0.717) is 18.4 Å². The molecule has 0 spiro atoms. The second kappa shape index (κ2) is 5.46. The zero-order valence-corrected chi connectivity index (χ0v) is 6.68. The van der Waals surface area contributed by atoms with E-state index in [1.54, 1.807) is 13.2 Å². The summed E-state index contributed by atoms with van der Waals surface area (Å²) in [5.41, 5.74) is 0.555. The van der Waals surface area contributed by atoms with Crippen molar-refractivity contribution in [2.24, 2.45) is 0 Å². The van der Waals surface area contributed by atoms with Gasteiger partial charge in [-0.25, -0.2) is 0 Å². The van der Waals surface area contributed by atoms with Crippen molar-refractivity contribution >= 4 is 12.3 Å². The van der Waals surface area contributed by atoms with Crippen molar-refractivity contribution in [2.45, 2.75) is 13.3 Å². The van der Waals surface area contributed by atoms with Crippen molar-refractivity contribution in [1.29, 1.82) is 0 Å². The van der Waals surface area contributed by atoms with Gasteiger partial charge in [-0.1, -0.05) is 6.92 Å². The van der Waals surface area contributed by atoms with E-state index in [2.05, 4.69) is 10.6 Å². The third kappa shape index (κ3) is 3.40. The van der Waals surface area contributed by atoms with Gasteiger partial charge in [0.1, 0.15) is 0 Å². The highest BCUT2D eigenvalue weighted by Gasteiger charge is 2.03. The summed E-state index contributed by atoms with van der Waals surface area (Å²) in [6.45, 7) is 1.84. The van der Waals surface area contributed by atoms with Crippen LogP contribution in [0, 0.1) is 0 Å². The van der Waals surface area contributed by atoms with Crippen molar-refractivity contribution in [3.63, 3.8) is 0 Å². The summed E-state index contributed by atoms with van der Waals surface area (Å²) in [5, 5.41) is 4.77. The largest absolute Gasteiger partial charge is 0.394 e. The van der Waals surface area contributed by atoms with E-state index in [0.717, 1.165) is 0 Å². The molecule has 4 nitrogen and oxygen atoms in total. The third-order valence-corrected chi connectivity index (χ3v) is 1.18. The van der Waals surface area contributed by atoms with Gasteiger partial charge in [-0.3, -0.25) is 14.9 Å². The van der Waals surface area contributed by atoms with Gasteiger partial charge in [-0.15, -0.1) is 0 Å². The number of carbonyl (C=O) groups is 2. The number of carbonyl (C=O) groups excluding carboxylic acids is 2. The van der Waals surface area contributed by atoms with Crippen LogP contribution in [-0.4, -0.2) is 19.4 Å². The van der Waals surface area contributed by atoms with Crippen molar-refractivity contribution in [3.05, 3.63) is 11.8 Å². The molecule has 0 aromatic rings. The van der Waals surface area contributed by atoms with E-state index in [1.165, 1.54) is 0 Å². The number of amides is 2. The normalized spacial score (nSPS) is 10.5. The Kier molecular flexibility index (Phi) is 4.81. The molecule has 0 heterocycles. The van der Waals surface area contributed by atoms with Crippen LogP contribution in [0.3, 0.4) is 0 Å². The van der Waals surface area contributed by atoms with Crippen molar-refractivity contribution < 1.29 is 9.59 Å². The molecule has 0 atom stereocenters. The smallest absolute Gasteiger partial charge is 0.254 e. The molecule has 0 saturated heterocycles. The molecule has 0 fully saturated rings. The molecule has 0 saturated carbocycles. The Hall–Kier alpha value is -1.32. The maximum absolute atomic E-state index is 10.9. The lowest BCUT2D eigenvalue weighted by Gasteiger charge is -2.00. The van der Waals surface area contributed by atoms with E-state index < -0.39 is 0 Å². The molecule has 0 aliphatic rings. The lowest BCUT2D eigenvalue weighted by atomic mass is 10.2. The average Bonchev–Trinajstić information content (AvgIpc) is 2.00. The highest BCUT2D eigenvalue weighted by molar-refractivity contribution is 5.98. The lowest BCUT2D eigenvalue weighted by molar-refractivity contribution is -0.122. The van der Waals surface area contributed by atoms with E-state index >= 15 is 0 Å². The molecule has 0 aromatic heterocycles. The molecular weight excluding hydrogens is 144 g/mol. The molecule has 0 radical (unpaired) electrons. The van der Waals surface area contributed by atoms with E-state index in [9.17, 15) is 9.59 Å². The first kappa shape index (κ1) is 9.68. The highest BCUT2D eigenvalue weighted by atomic mass is 16.2. The SMILES string of the molecule is CC/C(=C/NC)C(=O)NC=O. The summed E-state index contributed by atoms with van der Waals surface area (Å²) >= 11 is 0. The van der Waals surface area contributed by atoms with Crippen LogP contribution in [0.2, 0.25) is 0 Å². The van der Waals surface area contributed by atoms with E-state index in [-0.39, 0.29) is 5.91 Å². The third-order valence-electron chi connectivity index (χ3n) is 1.18. The molecule has 0 bridgehead atoms. The number of imide groups is 1. The molecule has 11 heavy (non-hydrogen) atoms. The molecule has 0 aromatic carbocycles. The second-order valence-corrected chi connectivity index (χ2v) is 1.90. The van der Waals surface area contributed by atoms with Gasteiger partial charge >= 0.3 is 0 Å². The van der Waals surface area contributed by atoms with Gasteiger partial charge in [0.05, 0.1) is 0 Å². The van der Waals surface area contributed by atoms with Gasteiger partial charge in [0.15, 0.2) is 0 Å². The second-order valence-electron chi connectivity index (χ2n) is 1.90. The fourth-order valence-corrected chi connectivity index (χ4v) is 0.649. The Morgan fingerprint density at radius 2 is 2.18 bits per heavy atom. The molecule has 2 amide bonds. The Morgan fingerprint density at radius 3 is 2.55 bits per heavy atom. The van der Waals surface area contributed by atoms with Crippen LogP contribution in [0.4, 0.5) is 0 Å². The van der Waals surface area contributed by atoms with Crippen LogP contribution >= 0.6 is 0 Å². The van der Waals surface area contributed by atoms with Crippen LogP contribution in [0.15, 0.2) is 11.8 Å². The minimum Gasteiger partial charge on any atom is -0.394 e. The van der Waals surface area contributed by atoms with E-state index in [4.69, 9.17) is 0 Å². The molecule has 62 valence electrons. The fraction of sp³-hybridized carbons (Fsp3) is 0.429. The average molecular weight is 156 g/mol. The maximum atomic E-state index is 10.9. The number of rotatable bonds is 4. The van der Waals surface area contributed by atoms with E-state index in [1.807, 2.05) is 6.92 Å². The first-order chi connectivity index (χ1) is 5.26. The van der Waals surface area contributed by atoms with Gasteiger partial charge in [0, 0.05) is 18.8 Å². The number of hydrogen-bond donors (Lipinski definition) is 2. The van der Waals surface area contributed by atoms with Gasteiger partial charge < -0.3 is 5.32 Å². The van der Waals surface area contributed by atoms with Gasteiger partial charge in [-0.2, -0.15) is 0 Å². The molecule has 0 aliphatic carbocycles. The highest BCUT2D eigenvalue weighted by Crippen LogP contribution is 1.97. The fourth-order valence-electron chi connectivity index (χ4n) is 0.649. The first-order valence-corrected chi connectivity index (χ1v) is 3.37. The zero-order valence-electron chi connectivity index (χ0n) is 6.68. The predicted octanol–water partition coefficient (Wildman–Crippen LogP) is -0.228. The molecule has 0 aliphatic heterocycles. The molecule has 4 heteroatoms. The minimum atomic E-state index is -0.350. The summed E-state index contributed by atoms with van der Waals surface area (Å²) in [6.07, 6.45) is 2.54. The number of hydrogen-bond acceptors (Lipinski definition) is 3. The van der Waals surface area contributed by atoms with Crippen LogP contribution in [-0.2, 0) is 9.59 Å². The van der Waals surface area contributed by atoms with Gasteiger partial charge in [-0.05, 0) is 6.42 Å². The molecule has 2 N–H and O–H groups in total. The standard InChI is InChI=1S/C7H12N2O2/c1-3-6(4-8-2)7(11)9-5-10/h4-5,8H,3H2,1-2H3,(H,9,10,11)/b6-4-. The van der Waals surface area contributed by atoms with Crippen LogP contribution in [0.1, 0.15) is 13.3 Å². The zero-order chi connectivity index (χ0) is 8.69. The number of nitrogens with one attached hydrogen (secondary N) is 2. The van der Waals surface area contributed by atoms with Crippen molar-refractivity contribution in [1.82, 2.24) is 10.6 Å². The summed E-state index contributed by atoms with van der Waals surface area (Å²) in [6, 6.07) is 0. The van der Waals surface area contributed by atoms with Crippen LogP contribution < -0.4 is 10.6 Å². The monoisotopic (exact) mass is 156 g/mol. The Balaban J connectivity index is 4.13. The molecular formula is C7H12N2O2. The summed E-state index contributed by atoms with van der Waals surface area (Å²) in [5.74, 6) is -0.350. The Morgan fingerprint density at radius 1 is 1.55 bits per heavy atom. The molecule has 0 unspecified atom stereocenters. The molecule has 0 rings (SSSR count). The Labute approximate surface area is 65.7 Å². The Bertz CT molecular complexity index is 175. The first-order valence-electron chi connectivity index (χ1n) is 3.37. The summed E-state index contributed by atoms with van der Waals surface area (Å²) in [7, 11) is 1.70. The minimum absolute atomic E-state index is 0.350. The predicted molar refractivity (Wildman–Crippen MR) is 41.6 cm³/mol.